The molecule has 0 radical (unpaired) electrons. The van der Waals surface area contributed by atoms with Crippen molar-refractivity contribution in [1.29, 1.82) is 0 Å². The maximum Gasteiger partial charge on any atom is 0.246 e. The molecule has 1 heterocycles. The maximum atomic E-state index is 11.9. The molecular weight excluding hydrogens is 228 g/mol. The first-order chi connectivity index (χ1) is 8.49. The molecule has 0 spiro atoms. The minimum absolute atomic E-state index is 0.123. The van der Waals surface area contributed by atoms with Crippen molar-refractivity contribution in [1.82, 2.24) is 4.90 Å². The van der Waals surface area contributed by atoms with E-state index in [2.05, 4.69) is 0 Å². The molecule has 18 heavy (non-hydrogen) atoms. The van der Waals surface area contributed by atoms with Crippen LogP contribution in [-0.4, -0.2) is 22.8 Å². The monoisotopic (exact) mass is 246 g/mol. The van der Waals surface area contributed by atoms with Crippen LogP contribution in [0.25, 0.3) is 0 Å². The van der Waals surface area contributed by atoms with Crippen LogP contribution in [0.1, 0.15) is 29.5 Å². The topological polar surface area (TPSA) is 63.4 Å². The number of carbonyl (C=O) groups excluding carboxylic acids is 2. The Bertz CT molecular complexity index is 497. The highest BCUT2D eigenvalue weighted by Gasteiger charge is 2.32. The van der Waals surface area contributed by atoms with Gasteiger partial charge in [-0.2, -0.15) is 0 Å². The molecule has 1 unspecified atom stereocenters. The minimum atomic E-state index is -0.534. The van der Waals surface area contributed by atoms with Gasteiger partial charge in [0.15, 0.2) is 0 Å². The summed E-state index contributed by atoms with van der Waals surface area (Å²) in [4.78, 5) is 25.0. The molecule has 1 aromatic rings. The summed E-state index contributed by atoms with van der Waals surface area (Å²) in [5.41, 5.74) is 8.92. The van der Waals surface area contributed by atoms with Crippen molar-refractivity contribution in [3.63, 3.8) is 0 Å². The summed E-state index contributed by atoms with van der Waals surface area (Å²) in [7, 11) is 0. The van der Waals surface area contributed by atoms with Gasteiger partial charge in [-0.25, -0.2) is 0 Å². The van der Waals surface area contributed by atoms with E-state index in [4.69, 9.17) is 5.73 Å². The Labute approximate surface area is 107 Å². The highest BCUT2D eigenvalue weighted by molar-refractivity contribution is 6.00. The van der Waals surface area contributed by atoms with Crippen molar-refractivity contribution < 1.29 is 9.59 Å². The zero-order valence-electron chi connectivity index (χ0n) is 10.8. The number of aryl methyl sites for hydroxylation is 2. The molecule has 96 valence electrons. The Morgan fingerprint density at radius 2 is 2.06 bits per heavy atom. The third-order valence-electron chi connectivity index (χ3n) is 3.39. The molecule has 2 N–H and O–H groups in total. The van der Waals surface area contributed by atoms with Crippen LogP contribution >= 0.6 is 0 Å². The van der Waals surface area contributed by atoms with Gasteiger partial charge in [0.05, 0.1) is 12.6 Å². The number of piperidine rings is 1. The van der Waals surface area contributed by atoms with Gasteiger partial charge in [0.2, 0.25) is 11.8 Å². The normalized spacial score (nSPS) is 20.4. The number of hydrogen-bond donors (Lipinski definition) is 1. The number of rotatable bonds is 2. The van der Waals surface area contributed by atoms with Gasteiger partial charge in [-0.05, 0) is 31.4 Å². The summed E-state index contributed by atoms with van der Waals surface area (Å²) < 4.78 is 0. The van der Waals surface area contributed by atoms with Crippen molar-refractivity contribution in [2.24, 2.45) is 5.73 Å². The number of carbonyl (C=O) groups is 2. The second kappa shape index (κ2) is 4.90. The third-order valence-corrected chi connectivity index (χ3v) is 3.39. The van der Waals surface area contributed by atoms with Gasteiger partial charge < -0.3 is 5.73 Å². The predicted octanol–water partition coefficient (Wildman–Crippen LogP) is 1.28. The smallest absolute Gasteiger partial charge is 0.246 e. The number of imide groups is 1. The second-order valence-electron chi connectivity index (χ2n) is 4.89. The Morgan fingerprint density at radius 3 is 2.78 bits per heavy atom. The summed E-state index contributed by atoms with van der Waals surface area (Å²) in [5, 5.41) is 0. The van der Waals surface area contributed by atoms with Gasteiger partial charge in [-0.15, -0.1) is 0 Å². The Balaban J connectivity index is 2.24. The van der Waals surface area contributed by atoms with Crippen LogP contribution in [0.4, 0.5) is 0 Å². The molecule has 1 aliphatic rings. The first-order valence-electron chi connectivity index (χ1n) is 6.15. The molecule has 2 amide bonds. The molecule has 2 rings (SSSR count). The minimum Gasteiger partial charge on any atom is -0.320 e. The molecule has 1 atom stereocenters. The predicted molar refractivity (Wildman–Crippen MR) is 68.7 cm³/mol. The quantitative estimate of drug-likeness (QED) is 0.799. The number of benzene rings is 1. The molecule has 4 heteroatoms. The van der Waals surface area contributed by atoms with E-state index in [9.17, 15) is 9.59 Å². The first kappa shape index (κ1) is 12.8. The van der Waals surface area contributed by atoms with E-state index >= 15 is 0 Å². The highest BCUT2D eigenvalue weighted by Crippen LogP contribution is 2.18. The van der Waals surface area contributed by atoms with E-state index < -0.39 is 6.04 Å². The van der Waals surface area contributed by atoms with Gasteiger partial charge in [0, 0.05) is 6.42 Å². The molecule has 4 nitrogen and oxygen atoms in total. The van der Waals surface area contributed by atoms with Crippen molar-refractivity contribution in [3.05, 3.63) is 34.9 Å². The fraction of sp³-hybridized carbons (Fsp3) is 0.429. The van der Waals surface area contributed by atoms with Gasteiger partial charge in [0.1, 0.15) is 0 Å². The number of nitrogens with zero attached hydrogens (tertiary/aromatic N) is 1. The van der Waals surface area contributed by atoms with Gasteiger partial charge in [0.25, 0.3) is 0 Å². The molecule has 1 fully saturated rings. The second-order valence-corrected chi connectivity index (χ2v) is 4.89. The van der Waals surface area contributed by atoms with Crippen LogP contribution in [-0.2, 0) is 16.1 Å². The summed E-state index contributed by atoms with van der Waals surface area (Å²) in [6.07, 6.45) is 0.818. The Morgan fingerprint density at radius 1 is 1.33 bits per heavy atom. The standard InChI is InChI=1S/C14H18N2O2/c1-9-3-4-10(2)11(7-9)8-16-13(17)6-5-12(15)14(16)18/h3-4,7,12H,5-6,8,15H2,1-2H3. The lowest BCUT2D eigenvalue weighted by Crippen LogP contribution is -2.50. The lowest BCUT2D eigenvalue weighted by atomic mass is 10.0. The van der Waals surface area contributed by atoms with Crippen LogP contribution in [0.15, 0.2) is 18.2 Å². The fourth-order valence-electron chi connectivity index (χ4n) is 2.17. The van der Waals surface area contributed by atoms with Crippen LogP contribution in [0, 0.1) is 13.8 Å². The van der Waals surface area contributed by atoms with E-state index in [0.29, 0.717) is 19.4 Å². The van der Waals surface area contributed by atoms with E-state index in [1.54, 1.807) is 0 Å². The molecule has 1 aliphatic heterocycles. The number of likely N-dealkylation sites (tertiary alicyclic amines) is 1. The first-order valence-corrected chi connectivity index (χ1v) is 6.15. The lowest BCUT2D eigenvalue weighted by molar-refractivity contribution is -0.149. The number of nitrogens with two attached hydrogens (primary N) is 1. The molecular formula is C14H18N2O2. The van der Waals surface area contributed by atoms with Crippen LogP contribution in [0.3, 0.4) is 0 Å². The molecule has 0 bridgehead atoms. The van der Waals surface area contributed by atoms with Gasteiger partial charge in [-0.1, -0.05) is 23.8 Å². The number of hydrogen-bond acceptors (Lipinski definition) is 3. The van der Waals surface area contributed by atoms with Crippen molar-refractivity contribution in [3.8, 4) is 0 Å². The summed E-state index contributed by atoms with van der Waals surface area (Å²) in [6.45, 7) is 4.31. The van der Waals surface area contributed by atoms with E-state index in [1.807, 2.05) is 32.0 Å². The molecule has 0 aromatic heterocycles. The van der Waals surface area contributed by atoms with Crippen molar-refractivity contribution in [2.75, 3.05) is 0 Å². The third kappa shape index (κ3) is 2.43. The molecule has 0 saturated carbocycles. The molecule has 1 saturated heterocycles. The van der Waals surface area contributed by atoms with Crippen molar-refractivity contribution >= 4 is 11.8 Å². The van der Waals surface area contributed by atoms with E-state index in [-0.39, 0.29) is 11.8 Å². The average molecular weight is 246 g/mol. The van der Waals surface area contributed by atoms with Gasteiger partial charge >= 0.3 is 0 Å². The van der Waals surface area contributed by atoms with Crippen LogP contribution < -0.4 is 5.73 Å². The SMILES string of the molecule is Cc1ccc(C)c(CN2C(=O)CCC(N)C2=O)c1. The van der Waals surface area contributed by atoms with Crippen LogP contribution in [0.5, 0.6) is 0 Å². The molecule has 1 aromatic carbocycles. The van der Waals surface area contributed by atoms with Gasteiger partial charge in [-0.3, -0.25) is 14.5 Å². The van der Waals surface area contributed by atoms with E-state index in [0.717, 1.165) is 16.7 Å². The summed E-state index contributed by atoms with van der Waals surface area (Å²) in [6, 6.07) is 5.50. The van der Waals surface area contributed by atoms with Crippen molar-refractivity contribution in [2.45, 2.75) is 39.3 Å². The zero-order chi connectivity index (χ0) is 13.3. The highest BCUT2D eigenvalue weighted by atomic mass is 16.2. The Hall–Kier alpha value is -1.68. The summed E-state index contributed by atoms with van der Waals surface area (Å²) >= 11 is 0. The average Bonchev–Trinajstić information content (AvgIpc) is 2.34. The lowest BCUT2D eigenvalue weighted by Gasteiger charge is -2.29. The van der Waals surface area contributed by atoms with E-state index in [1.165, 1.54) is 4.90 Å². The largest absolute Gasteiger partial charge is 0.320 e. The van der Waals surface area contributed by atoms with Crippen LogP contribution in [0.2, 0.25) is 0 Å². The Kier molecular flexibility index (Phi) is 3.48. The fourth-order valence-corrected chi connectivity index (χ4v) is 2.17. The zero-order valence-corrected chi connectivity index (χ0v) is 10.8. The molecule has 0 aliphatic carbocycles. The maximum absolute atomic E-state index is 11.9. The number of amides is 2. The summed E-state index contributed by atoms with van der Waals surface area (Å²) in [5.74, 6) is -0.380.